The SMILES string of the molecule is COC(=O)c1cccc(-n2cnc3ccccc32)c1N. The normalized spacial score (nSPS) is 10.7. The van der Waals surface area contributed by atoms with Crippen molar-refractivity contribution >= 4 is 22.7 Å². The lowest BCUT2D eigenvalue weighted by Crippen LogP contribution is -2.08. The highest BCUT2D eigenvalue weighted by Crippen LogP contribution is 2.25. The van der Waals surface area contributed by atoms with Crippen molar-refractivity contribution < 1.29 is 9.53 Å². The third-order valence-electron chi connectivity index (χ3n) is 3.20. The number of esters is 1. The minimum atomic E-state index is -0.450. The molecule has 0 unspecified atom stereocenters. The van der Waals surface area contributed by atoms with Crippen LogP contribution in [0.5, 0.6) is 0 Å². The number of nitrogens with two attached hydrogens (primary N) is 1. The molecule has 0 atom stereocenters. The summed E-state index contributed by atoms with van der Waals surface area (Å²) in [6, 6.07) is 13.0. The number of carbonyl (C=O) groups is 1. The number of nitrogen functional groups attached to an aromatic ring is 1. The summed E-state index contributed by atoms with van der Waals surface area (Å²) in [6.07, 6.45) is 1.69. The zero-order valence-corrected chi connectivity index (χ0v) is 10.9. The molecule has 0 aliphatic rings. The van der Waals surface area contributed by atoms with Gasteiger partial charge >= 0.3 is 5.97 Å². The number of fused-ring (bicyclic) bond motifs is 1. The van der Waals surface area contributed by atoms with Gasteiger partial charge in [-0.2, -0.15) is 0 Å². The van der Waals surface area contributed by atoms with Crippen molar-refractivity contribution in [3.63, 3.8) is 0 Å². The van der Waals surface area contributed by atoms with Crippen LogP contribution in [0.4, 0.5) is 5.69 Å². The van der Waals surface area contributed by atoms with Gasteiger partial charge in [0.25, 0.3) is 0 Å². The second-order valence-corrected chi connectivity index (χ2v) is 4.33. The third-order valence-corrected chi connectivity index (χ3v) is 3.20. The summed E-state index contributed by atoms with van der Waals surface area (Å²) in [5.41, 5.74) is 9.33. The molecule has 0 bridgehead atoms. The second kappa shape index (κ2) is 4.70. The Labute approximate surface area is 115 Å². The van der Waals surface area contributed by atoms with Crippen molar-refractivity contribution in [3.05, 3.63) is 54.4 Å². The Bertz CT molecular complexity index is 793. The fourth-order valence-corrected chi connectivity index (χ4v) is 2.20. The van der Waals surface area contributed by atoms with Crippen LogP contribution in [-0.2, 0) is 4.74 Å². The van der Waals surface area contributed by atoms with Gasteiger partial charge in [-0.05, 0) is 24.3 Å². The van der Waals surface area contributed by atoms with Gasteiger partial charge in [0, 0.05) is 0 Å². The number of imidazole rings is 1. The maximum atomic E-state index is 11.7. The van der Waals surface area contributed by atoms with E-state index in [1.54, 1.807) is 18.5 Å². The molecule has 2 N–H and O–H groups in total. The van der Waals surface area contributed by atoms with Gasteiger partial charge < -0.3 is 10.5 Å². The Kier molecular flexibility index (Phi) is 2.87. The minimum Gasteiger partial charge on any atom is -0.465 e. The van der Waals surface area contributed by atoms with E-state index in [4.69, 9.17) is 10.5 Å². The van der Waals surface area contributed by atoms with Crippen LogP contribution in [-0.4, -0.2) is 22.6 Å². The predicted octanol–water partition coefficient (Wildman–Crippen LogP) is 2.39. The number of ether oxygens (including phenoxy) is 1. The van der Waals surface area contributed by atoms with Gasteiger partial charge in [0.05, 0.1) is 35.1 Å². The Morgan fingerprint density at radius 3 is 2.80 bits per heavy atom. The van der Waals surface area contributed by atoms with Crippen LogP contribution in [0, 0.1) is 0 Å². The van der Waals surface area contributed by atoms with Crippen LogP contribution in [0.25, 0.3) is 16.7 Å². The van der Waals surface area contributed by atoms with Crippen LogP contribution in [0.1, 0.15) is 10.4 Å². The summed E-state index contributed by atoms with van der Waals surface area (Å²) in [5, 5.41) is 0. The van der Waals surface area contributed by atoms with Gasteiger partial charge in [-0.3, -0.25) is 4.57 Å². The van der Waals surface area contributed by atoms with Gasteiger partial charge in [0.2, 0.25) is 0 Å². The Morgan fingerprint density at radius 1 is 1.20 bits per heavy atom. The maximum Gasteiger partial charge on any atom is 0.340 e. The van der Waals surface area contributed by atoms with Crippen LogP contribution in [0.3, 0.4) is 0 Å². The van der Waals surface area contributed by atoms with E-state index in [2.05, 4.69) is 4.98 Å². The molecule has 5 nitrogen and oxygen atoms in total. The zero-order chi connectivity index (χ0) is 14.1. The molecule has 0 saturated carbocycles. The fraction of sp³-hybridized carbons (Fsp3) is 0.0667. The van der Waals surface area contributed by atoms with Gasteiger partial charge in [-0.25, -0.2) is 9.78 Å². The summed E-state index contributed by atoms with van der Waals surface area (Å²) in [6.45, 7) is 0. The number of para-hydroxylation sites is 3. The molecule has 20 heavy (non-hydrogen) atoms. The number of benzene rings is 2. The number of hydrogen-bond acceptors (Lipinski definition) is 4. The number of aromatic nitrogens is 2. The maximum absolute atomic E-state index is 11.7. The molecule has 0 fully saturated rings. The molecule has 3 aromatic rings. The Morgan fingerprint density at radius 2 is 2.00 bits per heavy atom. The fourth-order valence-electron chi connectivity index (χ4n) is 2.20. The van der Waals surface area contributed by atoms with Crippen molar-refractivity contribution in [3.8, 4) is 5.69 Å². The Hall–Kier alpha value is -2.82. The lowest BCUT2D eigenvalue weighted by atomic mass is 10.1. The molecule has 5 heteroatoms. The summed E-state index contributed by atoms with van der Waals surface area (Å²) < 4.78 is 6.59. The van der Waals surface area contributed by atoms with E-state index < -0.39 is 5.97 Å². The summed E-state index contributed by atoms with van der Waals surface area (Å²) in [7, 11) is 1.33. The number of nitrogens with zero attached hydrogens (tertiary/aromatic N) is 2. The topological polar surface area (TPSA) is 70.1 Å². The molecule has 0 amide bonds. The first-order chi connectivity index (χ1) is 9.72. The van der Waals surface area contributed by atoms with Crippen molar-refractivity contribution in [2.75, 3.05) is 12.8 Å². The molecule has 2 aromatic carbocycles. The first kappa shape index (κ1) is 12.2. The van der Waals surface area contributed by atoms with Crippen molar-refractivity contribution in [2.24, 2.45) is 0 Å². The van der Waals surface area contributed by atoms with Crippen LogP contribution >= 0.6 is 0 Å². The van der Waals surface area contributed by atoms with E-state index in [-0.39, 0.29) is 0 Å². The smallest absolute Gasteiger partial charge is 0.340 e. The van der Waals surface area contributed by atoms with E-state index in [1.165, 1.54) is 7.11 Å². The van der Waals surface area contributed by atoms with E-state index in [1.807, 2.05) is 34.9 Å². The van der Waals surface area contributed by atoms with Crippen molar-refractivity contribution in [1.82, 2.24) is 9.55 Å². The zero-order valence-electron chi connectivity index (χ0n) is 10.9. The van der Waals surface area contributed by atoms with E-state index in [0.717, 1.165) is 11.0 Å². The van der Waals surface area contributed by atoms with Gasteiger partial charge in [-0.1, -0.05) is 18.2 Å². The quantitative estimate of drug-likeness (QED) is 0.571. The molecule has 100 valence electrons. The first-order valence-corrected chi connectivity index (χ1v) is 6.11. The number of hydrogen-bond donors (Lipinski definition) is 1. The van der Waals surface area contributed by atoms with E-state index in [9.17, 15) is 4.79 Å². The standard InChI is InChI=1S/C15H13N3O2/c1-20-15(19)10-5-4-8-13(14(10)16)18-9-17-11-6-2-3-7-12(11)18/h2-9H,16H2,1H3. The molecular formula is C15H13N3O2. The largest absolute Gasteiger partial charge is 0.465 e. The highest BCUT2D eigenvalue weighted by atomic mass is 16.5. The highest BCUT2D eigenvalue weighted by Gasteiger charge is 2.14. The number of methoxy groups -OCH3 is 1. The summed E-state index contributed by atoms with van der Waals surface area (Å²) in [4.78, 5) is 16.0. The molecule has 0 radical (unpaired) electrons. The highest BCUT2D eigenvalue weighted by molar-refractivity contribution is 5.97. The summed E-state index contributed by atoms with van der Waals surface area (Å²) >= 11 is 0. The van der Waals surface area contributed by atoms with Gasteiger partial charge in [-0.15, -0.1) is 0 Å². The van der Waals surface area contributed by atoms with Crippen LogP contribution < -0.4 is 5.73 Å². The van der Waals surface area contributed by atoms with E-state index >= 15 is 0 Å². The number of rotatable bonds is 2. The first-order valence-electron chi connectivity index (χ1n) is 6.11. The second-order valence-electron chi connectivity index (χ2n) is 4.33. The minimum absolute atomic E-state index is 0.350. The summed E-state index contributed by atoms with van der Waals surface area (Å²) in [5.74, 6) is -0.450. The average Bonchev–Trinajstić information content (AvgIpc) is 2.90. The van der Waals surface area contributed by atoms with Crippen LogP contribution in [0.15, 0.2) is 48.8 Å². The lowest BCUT2D eigenvalue weighted by molar-refractivity contribution is 0.0602. The van der Waals surface area contributed by atoms with Gasteiger partial charge in [0.1, 0.15) is 6.33 Å². The van der Waals surface area contributed by atoms with Gasteiger partial charge in [0.15, 0.2) is 0 Å². The van der Waals surface area contributed by atoms with E-state index in [0.29, 0.717) is 16.9 Å². The molecule has 0 aliphatic heterocycles. The van der Waals surface area contributed by atoms with Crippen molar-refractivity contribution in [1.29, 1.82) is 0 Å². The number of carbonyl (C=O) groups excluding carboxylic acids is 1. The molecular weight excluding hydrogens is 254 g/mol. The molecule has 1 aromatic heterocycles. The molecule has 0 aliphatic carbocycles. The predicted molar refractivity (Wildman–Crippen MR) is 76.8 cm³/mol. The third kappa shape index (κ3) is 1.80. The molecule has 0 saturated heterocycles. The molecule has 1 heterocycles. The lowest BCUT2D eigenvalue weighted by Gasteiger charge is -2.11. The van der Waals surface area contributed by atoms with Crippen LogP contribution in [0.2, 0.25) is 0 Å². The number of anilines is 1. The Balaban J connectivity index is 2.22. The average molecular weight is 267 g/mol. The van der Waals surface area contributed by atoms with Crippen molar-refractivity contribution in [2.45, 2.75) is 0 Å². The monoisotopic (exact) mass is 267 g/mol. The molecule has 0 spiro atoms. The molecule has 3 rings (SSSR count).